The minimum atomic E-state index is -0.347. The highest BCUT2D eigenvalue weighted by Gasteiger charge is 2.52. The molecule has 1 saturated carbocycles. The van der Waals surface area contributed by atoms with E-state index in [9.17, 15) is 4.79 Å². The van der Waals surface area contributed by atoms with E-state index in [1.807, 2.05) is 60.5 Å². The van der Waals surface area contributed by atoms with Crippen molar-refractivity contribution in [1.82, 2.24) is 4.90 Å². The van der Waals surface area contributed by atoms with Crippen LogP contribution in [0.5, 0.6) is 0 Å². The number of benzene rings is 2. The van der Waals surface area contributed by atoms with Gasteiger partial charge >= 0.3 is 0 Å². The first-order valence-corrected chi connectivity index (χ1v) is 8.45. The third-order valence-corrected chi connectivity index (χ3v) is 5.29. The van der Waals surface area contributed by atoms with Crippen molar-refractivity contribution < 1.29 is 4.79 Å². The fourth-order valence-electron chi connectivity index (χ4n) is 2.84. The standard InChI is InChI=1S/C18H17BrClNO/c1-21(12-13-4-2-3-5-16(13)19)17(22)18(10-11-18)14-6-8-15(20)9-7-14/h2-9H,10-12H2,1H3. The molecule has 1 fully saturated rings. The fraction of sp³-hybridized carbons (Fsp3) is 0.278. The zero-order valence-corrected chi connectivity index (χ0v) is 14.7. The van der Waals surface area contributed by atoms with Crippen molar-refractivity contribution in [1.29, 1.82) is 0 Å². The highest BCUT2D eigenvalue weighted by molar-refractivity contribution is 9.10. The number of halogens is 2. The van der Waals surface area contributed by atoms with E-state index in [1.165, 1.54) is 0 Å². The lowest BCUT2D eigenvalue weighted by atomic mass is 9.94. The molecule has 2 aromatic rings. The first-order chi connectivity index (χ1) is 10.5. The maximum absolute atomic E-state index is 12.9. The van der Waals surface area contributed by atoms with Crippen molar-refractivity contribution in [2.24, 2.45) is 0 Å². The SMILES string of the molecule is CN(Cc1ccccc1Br)C(=O)C1(c2ccc(Cl)cc2)CC1. The molecule has 1 amide bonds. The fourth-order valence-corrected chi connectivity index (χ4v) is 3.38. The van der Waals surface area contributed by atoms with Gasteiger partial charge in [0, 0.05) is 23.1 Å². The summed E-state index contributed by atoms with van der Waals surface area (Å²) in [4.78, 5) is 14.7. The molecule has 2 nitrogen and oxygen atoms in total. The minimum absolute atomic E-state index is 0.186. The van der Waals surface area contributed by atoms with Crippen LogP contribution in [0.4, 0.5) is 0 Å². The van der Waals surface area contributed by atoms with Crippen LogP contribution in [0.15, 0.2) is 53.0 Å². The number of nitrogens with zero attached hydrogens (tertiary/aromatic N) is 1. The van der Waals surface area contributed by atoms with Gasteiger partial charge in [-0.25, -0.2) is 0 Å². The van der Waals surface area contributed by atoms with Crippen LogP contribution in [0.25, 0.3) is 0 Å². The molecule has 3 rings (SSSR count). The van der Waals surface area contributed by atoms with Crippen molar-refractivity contribution in [2.45, 2.75) is 24.8 Å². The van der Waals surface area contributed by atoms with Crippen molar-refractivity contribution >= 4 is 33.4 Å². The molecule has 0 atom stereocenters. The Balaban J connectivity index is 1.78. The minimum Gasteiger partial charge on any atom is -0.341 e. The summed E-state index contributed by atoms with van der Waals surface area (Å²) in [6.07, 6.45) is 1.82. The molecule has 0 bridgehead atoms. The number of hydrogen-bond acceptors (Lipinski definition) is 1. The molecule has 1 aliphatic rings. The molecule has 0 aromatic heterocycles. The summed E-state index contributed by atoms with van der Waals surface area (Å²) in [5.41, 5.74) is 1.84. The Labute approximate surface area is 144 Å². The third kappa shape index (κ3) is 2.92. The van der Waals surface area contributed by atoms with Gasteiger partial charge in [-0.05, 0) is 42.2 Å². The van der Waals surface area contributed by atoms with Gasteiger partial charge < -0.3 is 4.90 Å². The van der Waals surface area contributed by atoms with E-state index < -0.39 is 0 Å². The van der Waals surface area contributed by atoms with Gasteiger partial charge in [-0.15, -0.1) is 0 Å². The summed E-state index contributed by atoms with van der Waals surface area (Å²) < 4.78 is 1.03. The van der Waals surface area contributed by atoms with Gasteiger partial charge in [0.2, 0.25) is 5.91 Å². The van der Waals surface area contributed by atoms with Gasteiger partial charge in [0.25, 0.3) is 0 Å². The van der Waals surface area contributed by atoms with Crippen LogP contribution in [0.3, 0.4) is 0 Å². The quantitative estimate of drug-likeness (QED) is 0.749. The van der Waals surface area contributed by atoms with Crippen LogP contribution in [0.1, 0.15) is 24.0 Å². The molecule has 0 saturated heterocycles. The van der Waals surface area contributed by atoms with Crippen LogP contribution in [-0.4, -0.2) is 17.9 Å². The maximum atomic E-state index is 12.9. The van der Waals surface area contributed by atoms with Crippen molar-refractivity contribution in [3.63, 3.8) is 0 Å². The summed E-state index contributed by atoms with van der Waals surface area (Å²) in [7, 11) is 1.87. The number of carbonyl (C=O) groups is 1. The lowest BCUT2D eigenvalue weighted by Gasteiger charge is -2.24. The second-order valence-corrected chi connectivity index (χ2v) is 7.13. The van der Waals surface area contributed by atoms with E-state index in [1.54, 1.807) is 0 Å². The Morgan fingerprint density at radius 2 is 1.82 bits per heavy atom. The molecule has 4 heteroatoms. The molecule has 0 N–H and O–H groups in total. The molecule has 0 aliphatic heterocycles. The van der Waals surface area contributed by atoms with E-state index in [0.717, 1.165) is 28.4 Å². The zero-order valence-electron chi connectivity index (χ0n) is 12.4. The summed E-state index contributed by atoms with van der Waals surface area (Å²) in [5.74, 6) is 0.186. The summed E-state index contributed by atoms with van der Waals surface area (Å²) >= 11 is 9.49. The third-order valence-electron chi connectivity index (χ3n) is 4.27. The van der Waals surface area contributed by atoms with Gasteiger partial charge in [-0.2, -0.15) is 0 Å². The first kappa shape index (κ1) is 15.6. The maximum Gasteiger partial charge on any atom is 0.233 e. The largest absolute Gasteiger partial charge is 0.341 e. The molecule has 1 aliphatic carbocycles. The summed E-state index contributed by atoms with van der Waals surface area (Å²) in [5, 5.41) is 0.702. The van der Waals surface area contributed by atoms with E-state index in [0.29, 0.717) is 11.6 Å². The molecule has 0 spiro atoms. The summed E-state index contributed by atoms with van der Waals surface area (Å²) in [6, 6.07) is 15.7. The van der Waals surface area contributed by atoms with Crippen LogP contribution >= 0.6 is 27.5 Å². The van der Waals surface area contributed by atoms with E-state index in [2.05, 4.69) is 15.9 Å². The molecule has 2 aromatic carbocycles. The Bertz CT molecular complexity index is 694. The lowest BCUT2D eigenvalue weighted by molar-refractivity contribution is -0.133. The number of rotatable bonds is 4. The molecule has 0 heterocycles. The van der Waals surface area contributed by atoms with Crippen LogP contribution in [0, 0.1) is 0 Å². The van der Waals surface area contributed by atoms with Gasteiger partial charge in [0.1, 0.15) is 0 Å². The first-order valence-electron chi connectivity index (χ1n) is 7.28. The smallest absolute Gasteiger partial charge is 0.233 e. The van der Waals surface area contributed by atoms with E-state index >= 15 is 0 Å². The topological polar surface area (TPSA) is 20.3 Å². The van der Waals surface area contributed by atoms with Gasteiger partial charge in [-0.1, -0.05) is 57.9 Å². The molecule has 22 heavy (non-hydrogen) atoms. The van der Waals surface area contributed by atoms with Crippen LogP contribution in [-0.2, 0) is 16.8 Å². The molecule has 0 radical (unpaired) electrons. The van der Waals surface area contributed by atoms with E-state index in [4.69, 9.17) is 11.6 Å². The number of carbonyl (C=O) groups excluding carboxylic acids is 1. The average Bonchev–Trinajstić information content (AvgIpc) is 3.31. The van der Waals surface area contributed by atoms with Gasteiger partial charge in [-0.3, -0.25) is 4.79 Å². The second-order valence-electron chi connectivity index (χ2n) is 5.84. The highest BCUT2D eigenvalue weighted by atomic mass is 79.9. The Morgan fingerprint density at radius 1 is 1.18 bits per heavy atom. The molecular formula is C18H17BrClNO. The van der Waals surface area contributed by atoms with Crippen LogP contribution in [0.2, 0.25) is 5.02 Å². The molecule has 114 valence electrons. The van der Waals surface area contributed by atoms with Crippen molar-refractivity contribution in [2.75, 3.05) is 7.05 Å². The predicted octanol–water partition coefficient (Wildman–Crippen LogP) is 4.79. The van der Waals surface area contributed by atoms with Crippen molar-refractivity contribution in [3.05, 3.63) is 69.2 Å². The van der Waals surface area contributed by atoms with E-state index in [-0.39, 0.29) is 11.3 Å². The summed E-state index contributed by atoms with van der Waals surface area (Å²) in [6.45, 7) is 0.607. The van der Waals surface area contributed by atoms with Gasteiger partial charge in [0.05, 0.1) is 5.41 Å². The Morgan fingerprint density at radius 3 is 2.41 bits per heavy atom. The molecular weight excluding hydrogens is 362 g/mol. The number of likely N-dealkylation sites (N-methyl/N-ethyl adjacent to an activating group) is 1. The monoisotopic (exact) mass is 377 g/mol. The predicted molar refractivity (Wildman–Crippen MR) is 93.0 cm³/mol. The Hall–Kier alpha value is -1.32. The second kappa shape index (κ2) is 6.05. The zero-order chi connectivity index (χ0) is 15.7. The normalized spacial score (nSPS) is 15.4. The number of amides is 1. The van der Waals surface area contributed by atoms with Gasteiger partial charge in [0.15, 0.2) is 0 Å². The number of hydrogen-bond donors (Lipinski definition) is 0. The Kier molecular flexibility index (Phi) is 4.28. The van der Waals surface area contributed by atoms with Crippen LogP contribution < -0.4 is 0 Å². The highest BCUT2D eigenvalue weighted by Crippen LogP contribution is 2.49. The lowest BCUT2D eigenvalue weighted by Crippen LogP contribution is -2.36. The molecule has 0 unspecified atom stereocenters. The van der Waals surface area contributed by atoms with Crippen molar-refractivity contribution in [3.8, 4) is 0 Å². The average molecular weight is 379 g/mol.